The highest BCUT2D eigenvalue weighted by Crippen LogP contribution is 2.23. The molecule has 1 aromatic rings. The normalized spacial score (nSPS) is 21.6. The molecule has 1 aliphatic rings. The second kappa shape index (κ2) is 5.35. The van der Waals surface area contributed by atoms with E-state index in [0.717, 1.165) is 25.1 Å². The number of nitrogens with zero attached hydrogens (tertiary/aromatic N) is 1. The van der Waals surface area contributed by atoms with Crippen molar-refractivity contribution in [3.05, 3.63) is 34.6 Å². The molecule has 1 unspecified atom stereocenters. The maximum Gasteiger partial charge on any atom is 0.123 e. The molecule has 0 bridgehead atoms. The van der Waals surface area contributed by atoms with Gasteiger partial charge in [0.25, 0.3) is 0 Å². The van der Waals surface area contributed by atoms with Crippen LogP contribution in [-0.4, -0.2) is 23.9 Å². The Kier molecular flexibility index (Phi) is 4.06. The first-order valence-corrected chi connectivity index (χ1v) is 6.32. The molecular weight excluding hydrogens is 248 g/mol. The number of benzene rings is 1. The average molecular weight is 262 g/mol. The van der Waals surface area contributed by atoms with E-state index in [9.17, 15) is 4.39 Å². The van der Waals surface area contributed by atoms with Crippen molar-refractivity contribution in [3.63, 3.8) is 0 Å². The van der Waals surface area contributed by atoms with Crippen LogP contribution in [0.25, 0.3) is 0 Å². The molecule has 0 saturated carbocycles. The second-order valence-corrected chi connectivity index (χ2v) is 5.00. The fourth-order valence-corrected chi connectivity index (χ4v) is 2.52. The molecule has 88 valence electrons. The number of alkyl halides is 1. The van der Waals surface area contributed by atoms with Gasteiger partial charge in [-0.3, -0.25) is 4.90 Å². The highest BCUT2D eigenvalue weighted by Gasteiger charge is 2.22. The molecule has 0 radical (unpaired) electrons. The third-order valence-corrected chi connectivity index (χ3v) is 3.80. The Hall–Kier alpha value is -0.310. The number of hydrogen-bond donors (Lipinski definition) is 0. The lowest BCUT2D eigenvalue weighted by Crippen LogP contribution is -2.20. The molecule has 0 spiro atoms. The summed E-state index contributed by atoms with van der Waals surface area (Å²) in [6.07, 6.45) is 1.12. The predicted octanol–water partition coefficient (Wildman–Crippen LogP) is 3.54. The van der Waals surface area contributed by atoms with E-state index < -0.39 is 0 Å². The summed E-state index contributed by atoms with van der Waals surface area (Å²) in [4.78, 5) is 2.27. The van der Waals surface area contributed by atoms with Crippen molar-refractivity contribution in [2.45, 2.75) is 13.0 Å². The van der Waals surface area contributed by atoms with Gasteiger partial charge in [-0.15, -0.1) is 11.6 Å². The standard InChI is InChI=1S/C12H14Cl2FN/c13-6-9-3-4-16(7-9)8-10-5-11(15)1-2-12(10)14/h1-2,5,9H,3-4,6-8H2. The first kappa shape index (κ1) is 12.2. The van der Waals surface area contributed by atoms with Crippen LogP contribution >= 0.6 is 23.2 Å². The summed E-state index contributed by atoms with van der Waals surface area (Å²) in [6, 6.07) is 4.51. The lowest BCUT2D eigenvalue weighted by Gasteiger charge is -2.16. The molecule has 0 aliphatic carbocycles. The van der Waals surface area contributed by atoms with Gasteiger partial charge in [0.1, 0.15) is 5.82 Å². The largest absolute Gasteiger partial charge is 0.299 e. The molecule has 4 heteroatoms. The van der Waals surface area contributed by atoms with E-state index >= 15 is 0 Å². The zero-order chi connectivity index (χ0) is 11.5. The van der Waals surface area contributed by atoms with Crippen LogP contribution in [0.3, 0.4) is 0 Å². The molecule has 1 aliphatic heterocycles. The molecule has 2 rings (SSSR count). The van der Waals surface area contributed by atoms with Gasteiger partial charge in [-0.05, 0) is 42.6 Å². The fraction of sp³-hybridized carbons (Fsp3) is 0.500. The van der Waals surface area contributed by atoms with Gasteiger partial charge in [-0.25, -0.2) is 4.39 Å². The second-order valence-electron chi connectivity index (χ2n) is 4.28. The molecule has 1 heterocycles. The first-order valence-electron chi connectivity index (χ1n) is 5.41. The van der Waals surface area contributed by atoms with Crippen LogP contribution in [-0.2, 0) is 6.54 Å². The van der Waals surface area contributed by atoms with Crippen LogP contribution in [0.1, 0.15) is 12.0 Å². The minimum atomic E-state index is -0.229. The van der Waals surface area contributed by atoms with E-state index in [1.54, 1.807) is 6.07 Å². The number of likely N-dealkylation sites (tertiary alicyclic amines) is 1. The molecule has 16 heavy (non-hydrogen) atoms. The maximum atomic E-state index is 13.1. The van der Waals surface area contributed by atoms with Gasteiger partial charge in [-0.1, -0.05) is 11.6 Å². The highest BCUT2D eigenvalue weighted by molar-refractivity contribution is 6.31. The molecule has 0 aromatic heterocycles. The van der Waals surface area contributed by atoms with Crippen LogP contribution < -0.4 is 0 Å². The summed E-state index contributed by atoms with van der Waals surface area (Å²) in [5.41, 5.74) is 0.858. The molecule has 1 nitrogen and oxygen atoms in total. The predicted molar refractivity (Wildman–Crippen MR) is 65.5 cm³/mol. The Bertz CT molecular complexity index is 370. The van der Waals surface area contributed by atoms with E-state index in [2.05, 4.69) is 4.90 Å². The minimum absolute atomic E-state index is 0.229. The van der Waals surface area contributed by atoms with Crippen LogP contribution in [0.15, 0.2) is 18.2 Å². The Labute approximate surface area is 105 Å². The van der Waals surface area contributed by atoms with E-state index in [-0.39, 0.29) is 5.82 Å². The van der Waals surface area contributed by atoms with E-state index in [1.807, 2.05) is 0 Å². The Balaban J connectivity index is 2.01. The van der Waals surface area contributed by atoms with Crippen LogP contribution in [0.2, 0.25) is 5.02 Å². The molecule has 1 saturated heterocycles. The fourth-order valence-electron chi connectivity index (χ4n) is 2.09. The van der Waals surface area contributed by atoms with Crippen LogP contribution in [0.4, 0.5) is 4.39 Å². The van der Waals surface area contributed by atoms with Crippen molar-refractivity contribution < 1.29 is 4.39 Å². The first-order chi connectivity index (χ1) is 7.69. The Morgan fingerprint density at radius 2 is 2.25 bits per heavy atom. The van der Waals surface area contributed by atoms with Gasteiger partial charge in [0.05, 0.1) is 0 Å². The molecule has 1 fully saturated rings. The number of hydrogen-bond acceptors (Lipinski definition) is 1. The highest BCUT2D eigenvalue weighted by atomic mass is 35.5. The third kappa shape index (κ3) is 2.88. The van der Waals surface area contributed by atoms with Gasteiger partial charge in [-0.2, -0.15) is 0 Å². The van der Waals surface area contributed by atoms with Gasteiger partial charge in [0.2, 0.25) is 0 Å². The van der Waals surface area contributed by atoms with Crippen LogP contribution in [0, 0.1) is 11.7 Å². The Morgan fingerprint density at radius 3 is 2.94 bits per heavy atom. The molecule has 1 aromatic carbocycles. The SMILES string of the molecule is Fc1ccc(Cl)c(CN2CCC(CCl)C2)c1. The molecule has 1 atom stereocenters. The average Bonchev–Trinajstić information content (AvgIpc) is 2.71. The number of halogens is 3. The summed E-state index contributed by atoms with van der Waals surface area (Å²) >= 11 is 11.8. The summed E-state index contributed by atoms with van der Waals surface area (Å²) < 4.78 is 13.1. The molecule has 0 N–H and O–H groups in total. The van der Waals surface area contributed by atoms with Gasteiger partial charge in [0, 0.05) is 24.0 Å². The zero-order valence-corrected chi connectivity index (χ0v) is 10.4. The topological polar surface area (TPSA) is 3.24 Å². The van der Waals surface area contributed by atoms with Crippen molar-refractivity contribution in [1.82, 2.24) is 4.90 Å². The van der Waals surface area contributed by atoms with Gasteiger partial charge >= 0.3 is 0 Å². The van der Waals surface area contributed by atoms with Crippen molar-refractivity contribution in [3.8, 4) is 0 Å². The lowest BCUT2D eigenvalue weighted by molar-refractivity contribution is 0.320. The van der Waals surface area contributed by atoms with E-state index in [0.29, 0.717) is 23.4 Å². The smallest absolute Gasteiger partial charge is 0.123 e. The van der Waals surface area contributed by atoms with Crippen molar-refractivity contribution in [1.29, 1.82) is 0 Å². The maximum absolute atomic E-state index is 13.1. The monoisotopic (exact) mass is 261 g/mol. The summed E-state index contributed by atoms with van der Waals surface area (Å²) in [7, 11) is 0. The molecule has 0 amide bonds. The third-order valence-electron chi connectivity index (χ3n) is 2.99. The minimum Gasteiger partial charge on any atom is -0.299 e. The van der Waals surface area contributed by atoms with Crippen molar-refractivity contribution in [2.75, 3.05) is 19.0 Å². The van der Waals surface area contributed by atoms with Crippen molar-refractivity contribution >= 4 is 23.2 Å². The van der Waals surface area contributed by atoms with Crippen molar-refractivity contribution in [2.24, 2.45) is 5.92 Å². The lowest BCUT2D eigenvalue weighted by atomic mass is 10.2. The van der Waals surface area contributed by atoms with Gasteiger partial charge in [0.15, 0.2) is 0 Å². The van der Waals surface area contributed by atoms with E-state index in [4.69, 9.17) is 23.2 Å². The van der Waals surface area contributed by atoms with E-state index in [1.165, 1.54) is 12.1 Å². The quantitative estimate of drug-likeness (QED) is 0.753. The van der Waals surface area contributed by atoms with Crippen LogP contribution in [0.5, 0.6) is 0 Å². The number of rotatable bonds is 3. The Morgan fingerprint density at radius 1 is 1.44 bits per heavy atom. The molecular formula is C12H14Cl2FN. The summed E-state index contributed by atoms with van der Waals surface area (Å²) in [5.74, 6) is 1.04. The zero-order valence-electron chi connectivity index (χ0n) is 8.93. The summed E-state index contributed by atoms with van der Waals surface area (Å²) in [5, 5.41) is 0.635. The van der Waals surface area contributed by atoms with Gasteiger partial charge < -0.3 is 0 Å². The summed E-state index contributed by atoms with van der Waals surface area (Å²) in [6.45, 7) is 2.71.